The Morgan fingerprint density at radius 1 is 1.06 bits per heavy atom. The van der Waals surface area contributed by atoms with Crippen molar-refractivity contribution in [3.8, 4) is 5.75 Å². The number of nitrogens with zero attached hydrogens (tertiary/aromatic N) is 1. The molecule has 0 aromatic heterocycles. The van der Waals surface area contributed by atoms with Crippen molar-refractivity contribution in [1.82, 2.24) is 4.90 Å². The first-order valence-electron chi connectivity index (χ1n) is 11.3. The third-order valence-corrected chi connectivity index (χ3v) is 6.95. The smallest absolute Gasteiger partial charge is 0.266 e. The van der Waals surface area contributed by atoms with E-state index in [4.69, 9.17) is 17.0 Å². The molecule has 1 saturated heterocycles. The van der Waals surface area contributed by atoms with E-state index in [9.17, 15) is 9.59 Å². The summed E-state index contributed by atoms with van der Waals surface area (Å²) in [4.78, 5) is 27.7. The molecule has 0 spiro atoms. The fourth-order valence-electron chi connectivity index (χ4n) is 3.65. The van der Waals surface area contributed by atoms with E-state index in [1.165, 1.54) is 11.8 Å². The molecule has 4 rings (SSSR count). The predicted octanol–water partition coefficient (Wildman–Crippen LogP) is 5.76. The molecule has 0 saturated carbocycles. The van der Waals surface area contributed by atoms with E-state index in [0.717, 1.165) is 34.4 Å². The lowest BCUT2D eigenvalue weighted by atomic mass is 10.1. The molecule has 0 atom stereocenters. The zero-order valence-electron chi connectivity index (χ0n) is 19.6. The Balaban J connectivity index is 1.41. The van der Waals surface area contributed by atoms with Crippen LogP contribution in [0.25, 0.3) is 6.08 Å². The number of hydrogen-bond acceptors (Lipinski definition) is 5. The molecule has 35 heavy (non-hydrogen) atoms. The Kier molecular flexibility index (Phi) is 8.00. The molecule has 5 nitrogen and oxygen atoms in total. The van der Waals surface area contributed by atoms with Gasteiger partial charge in [-0.3, -0.25) is 14.5 Å². The van der Waals surface area contributed by atoms with Gasteiger partial charge in [-0.25, -0.2) is 0 Å². The zero-order valence-corrected chi connectivity index (χ0v) is 21.2. The number of para-hydroxylation sites is 1. The Labute approximate surface area is 215 Å². The van der Waals surface area contributed by atoms with Crippen molar-refractivity contribution < 1.29 is 14.3 Å². The highest BCUT2D eigenvalue weighted by Crippen LogP contribution is 2.34. The Hall–Kier alpha value is -3.42. The SMILES string of the molecule is Cc1ccc(C)c(NC(=O)COc2ccccc2/C=C2\SC(=S)N(CCc3ccccc3)C2=O)c1. The summed E-state index contributed by atoms with van der Waals surface area (Å²) in [6, 6.07) is 23.3. The minimum atomic E-state index is -0.249. The summed E-state index contributed by atoms with van der Waals surface area (Å²) in [5.41, 5.74) is 4.70. The molecule has 0 aliphatic carbocycles. The lowest BCUT2D eigenvalue weighted by molar-refractivity contribution is -0.122. The number of nitrogens with one attached hydrogen (secondary N) is 1. The van der Waals surface area contributed by atoms with Gasteiger partial charge in [-0.15, -0.1) is 0 Å². The highest BCUT2D eigenvalue weighted by molar-refractivity contribution is 8.26. The van der Waals surface area contributed by atoms with E-state index >= 15 is 0 Å². The normalized spacial score (nSPS) is 14.5. The van der Waals surface area contributed by atoms with E-state index < -0.39 is 0 Å². The molecule has 1 heterocycles. The molecule has 1 fully saturated rings. The van der Waals surface area contributed by atoms with E-state index in [2.05, 4.69) is 5.32 Å². The molecular weight excluding hydrogens is 476 g/mol. The largest absolute Gasteiger partial charge is 0.483 e. The van der Waals surface area contributed by atoms with E-state index in [1.807, 2.05) is 80.6 Å². The lowest BCUT2D eigenvalue weighted by Gasteiger charge is -2.14. The van der Waals surface area contributed by atoms with Crippen LogP contribution in [0, 0.1) is 13.8 Å². The van der Waals surface area contributed by atoms with Crippen LogP contribution in [0.3, 0.4) is 0 Å². The summed E-state index contributed by atoms with van der Waals surface area (Å²) in [6.45, 7) is 4.31. The summed E-state index contributed by atoms with van der Waals surface area (Å²) < 4.78 is 6.37. The number of ether oxygens (including phenoxy) is 1. The van der Waals surface area contributed by atoms with Crippen LogP contribution in [-0.4, -0.2) is 34.2 Å². The van der Waals surface area contributed by atoms with Crippen molar-refractivity contribution in [1.29, 1.82) is 0 Å². The number of anilines is 1. The highest BCUT2D eigenvalue weighted by Gasteiger charge is 2.31. The van der Waals surface area contributed by atoms with Crippen molar-refractivity contribution in [2.45, 2.75) is 20.3 Å². The number of carbonyl (C=O) groups excluding carboxylic acids is 2. The van der Waals surface area contributed by atoms with Gasteiger partial charge in [0.05, 0.1) is 4.91 Å². The van der Waals surface area contributed by atoms with Crippen molar-refractivity contribution in [2.24, 2.45) is 0 Å². The Morgan fingerprint density at radius 2 is 1.80 bits per heavy atom. The second-order valence-corrected chi connectivity index (χ2v) is 9.94. The maximum absolute atomic E-state index is 13.0. The molecule has 1 aliphatic rings. The van der Waals surface area contributed by atoms with Crippen LogP contribution in [0.1, 0.15) is 22.3 Å². The number of rotatable bonds is 8. The monoisotopic (exact) mass is 502 g/mol. The maximum Gasteiger partial charge on any atom is 0.266 e. The summed E-state index contributed by atoms with van der Waals surface area (Å²) in [6.07, 6.45) is 2.51. The molecule has 3 aromatic carbocycles. The molecule has 3 aromatic rings. The molecule has 0 unspecified atom stereocenters. The van der Waals surface area contributed by atoms with Gasteiger partial charge < -0.3 is 10.1 Å². The van der Waals surface area contributed by atoms with E-state index in [1.54, 1.807) is 17.0 Å². The van der Waals surface area contributed by atoms with E-state index in [0.29, 0.717) is 21.5 Å². The molecule has 1 N–H and O–H groups in total. The minimum Gasteiger partial charge on any atom is -0.483 e. The van der Waals surface area contributed by atoms with Crippen molar-refractivity contribution in [3.63, 3.8) is 0 Å². The maximum atomic E-state index is 13.0. The van der Waals surface area contributed by atoms with Gasteiger partial charge in [0.2, 0.25) is 0 Å². The average Bonchev–Trinajstić information content (AvgIpc) is 3.12. The number of carbonyl (C=O) groups is 2. The summed E-state index contributed by atoms with van der Waals surface area (Å²) in [5.74, 6) is 0.164. The number of thiocarbonyl (C=S) groups is 1. The van der Waals surface area contributed by atoms with Gasteiger partial charge in [-0.05, 0) is 55.2 Å². The van der Waals surface area contributed by atoms with Gasteiger partial charge in [0.25, 0.3) is 11.8 Å². The number of hydrogen-bond donors (Lipinski definition) is 1. The first kappa shape index (κ1) is 24.7. The second kappa shape index (κ2) is 11.3. The Morgan fingerprint density at radius 3 is 2.60 bits per heavy atom. The first-order valence-corrected chi connectivity index (χ1v) is 12.5. The standard InChI is InChI=1S/C28H26N2O3S2/c1-19-12-13-20(2)23(16-19)29-26(31)18-33-24-11-7-6-10-22(24)17-25-27(32)30(28(34)35-25)15-14-21-8-4-3-5-9-21/h3-13,16-17H,14-15,18H2,1-2H3,(H,29,31)/b25-17-. The van der Waals surface area contributed by atoms with Gasteiger partial charge in [-0.2, -0.15) is 0 Å². The summed E-state index contributed by atoms with van der Waals surface area (Å²) in [7, 11) is 0. The molecular formula is C28H26N2O3S2. The number of aryl methyl sites for hydroxylation is 2. The van der Waals surface area contributed by atoms with Crippen LogP contribution in [0.15, 0.2) is 77.7 Å². The number of amides is 2. The topological polar surface area (TPSA) is 58.6 Å². The lowest BCUT2D eigenvalue weighted by Crippen LogP contribution is -2.30. The van der Waals surface area contributed by atoms with Gasteiger partial charge >= 0.3 is 0 Å². The number of thioether (sulfide) groups is 1. The van der Waals surface area contributed by atoms with Gasteiger partial charge in [-0.1, -0.05) is 84.6 Å². The van der Waals surface area contributed by atoms with Crippen LogP contribution in [0.2, 0.25) is 0 Å². The molecule has 0 bridgehead atoms. The van der Waals surface area contributed by atoms with Crippen LogP contribution in [0.4, 0.5) is 5.69 Å². The van der Waals surface area contributed by atoms with Crippen molar-refractivity contribution in [2.75, 3.05) is 18.5 Å². The summed E-state index contributed by atoms with van der Waals surface area (Å²) >= 11 is 6.75. The van der Waals surface area contributed by atoms with E-state index in [-0.39, 0.29) is 18.4 Å². The fraction of sp³-hybridized carbons (Fsp3) is 0.179. The minimum absolute atomic E-state index is 0.113. The van der Waals surface area contributed by atoms with Crippen molar-refractivity contribution >= 4 is 51.9 Å². The average molecular weight is 503 g/mol. The number of benzene rings is 3. The quantitative estimate of drug-likeness (QED) is 0.313. The first-order chi connectivity index (χ1) is 16.9. The fourth-order valence-corrected chi connectivity index (χ4v) is 4.95. The van der Waals surface area contributed by atoms with Gasteiger partial charge in [0.1, 0.15) is 10.1 Å². The van der Waals surface area contributed by atoms with Crippen molar-refractivity contribution in [3.05, 3.63) is 100.0 Å². The molecule has 7 heteroatoms. The summed E-state index contributed by atoms with van der Waals surface area (Å²) in [5, 5.41) is 2.90. The highest BCUT2D eigenvalue weighted by atomic mass is 32.2. The molecule has 178 valence electrons. The second-order valence-electron chi connectivity index (χ2n) is 8.26. The van der Waals surface area contributed by atoms with Crippen LogP contribution in [0.5, 0.6) is 5.75 Å². The van der Waals surface area contributed by atoms with Crippen LogP contribution >= 0.6 is 24.0 Å². The van der Waals surface area contributed by atoms with Crippen LogP contribution < -0.4 is 10.1 Å². The van der Waals surface area contributed by atoms with Gasteiger partial charge in [0.15, 0.2) is 6.61 Å². The third kappa shape index (κ3) is 6.38. The zero-order chi connectivity index (χ0) is 24.8. The predicted molar refractivity (Wildman–Crippen MR) is 147 cm³/mol. The molecule has 2 amide bonds. The third-order valence-electron chi connectivity index (χ3n) is 5.57. The molecule has 1 aliphatic heterocycles. The molecule has 0 radical (unpaired) electrons. The van der Waals surface area contributed by atoms with Crippen LogP contribution in [-0.2, 0) is 16.0 Å². The van der Waals surface area contributed by atoms with Gasteiger partial charge in [0, 0.05) is 17.8 Å². The Bertz CT molecular complexity index is 1290.